The Morgan fingerprint density at radius 1 is 1.47 bits per heavy atom. The molecule has 17 heavy (non-hydrogen) atoms. The number of para-hydroxylation sites is 2. The predicted molar refractivity (Wildman–Crippen MR) is 65.2 cm³/mol. The van der Waals surface area contributed by atoms with Crippen LogP contribution in [0.5, 0.6) is 0 Å². The zero-order chi connectivity index (χ0) is 12.5. The first-order chi connectivity index (χ1) is 7.99. The highest BCUT2D eigenvalue weighted by molar-refractivity contribution is 5.63. The molecule has 1 atom stereocenters. The lowest BCUT2D eigenvalue weighted by molar-refractivity contribution is -0.384. The molecule has 1 aromatic rings. The van der Waals surface area contributed by atoms with Crippen LogP contribution in [0.25, 0.3) is 0 Å². The minimum Gasteiger partial charge on any atom is -0.388 e. The van der Waals surface area contributed by atoms with Gasteiger partial charge in [0.25, 0.3) is 5.69 Å². The molecule has 1 aliphatic rings. The highest BCUT2D eigenvalue weighted by Crippen LogP contribution is 2.32. The Hall–Kier alpha value is -1.62. The summed E-state index contributed by atoms with van der Waals surface area (Å²) >= 11 is 0. The van der Waals surface area contributed by atoms with Crippen molar-refractivity contribution in [2.24, 2.45) is 0 Å². The number of hydrogen-bond donors (Lipinski definition) is 1. The van der Waals surface area contributed by atoms with E-state index < -0.39 is 5.60 Å². The standard InChI is InChI=1S/C12H16N2O3/c1-12(15)7-4-8-13(9-12)10-5-2-3-6-11(10)14(16)17/h2-3,5-6,15H,4,7-9H2,1H3. The molecule has 1 unspecified atom stereocenters. The molecule has 1 aromatic carbocycles. The average molecular weight is 236 g/mol. The van der Waals surface area contributed by atoms with Crippen LogP contribution in [0.4, 0.5) is 11.4 Å². The fraction of sp³-hybridized carbons (Fsp3) is 0.500. The second kappa shape index (κ2) is 4.33. The maximum absolute atomic E-state index is 10.9. The lowest BCUT2D eigenvalue weighted by Gasteiger charge is -2.37. The minimum absolute atomic E-state index is 0.102. The Morgan fingerprint density at radius 3 is 2.82 bits per heavy atom. The fourth-order valence-corrected chi connectivity index (χ4v) is 2.31. The first-order valence-corrected chi connectivity index (χ1v) is 5.70. The Labute approximate surface area is 99.8 Å². The molecule has 1 heterocycles. The lowest BCUT2D eigenvalue weighted by atomic mass is 9.94. The Morgan fingerprint density at radius 2 is 2.18 bits per heavy atom. The van der Waals surface area contributed by atoms with Crippen LogP contribution >= 0.6 is 0 Å². The monoisotopic (exact) mass is 236 g/mol. The maximum Gasteiger partial charge on any atom is 0.292 e. The quantitative estimate of drug-likeness (QED) is 0.629. The highest BCUT2D eigenvalue weighted by Gasteiger charge is 2.31. The largest absolute Gasteiger partial charge is 0.388 e. The summed E-state index contributed by atoms with van der Waals surface area (Å²) in [4.78, 5) is 12.5. The smallest absolute Gasteiger partial charge is 0.292 e. The molecule has 92 valence electrons. The predicted octanol–water partition coefficient (Wildman–Crippen LogP) is 1.95. The maximum atomic E-state index is 10.9. The first kappa shape index (κ1) is 11.9. The van der Waals surface area contributed by atoms with E-state index in [1.165, 1.54) is 6.07 Å². The molecule has 0 spiro atoms. The van der Waals surface area contributed by atoms with Crippen molar-refractivity contribution in [3.63, 3.8) is 0 Å². The van der Waals surface area contributed by atoms with Crippen LogP contribution in [-0.4, -0.2) is 28.7 Å². The van der Waals surface area contributed by atoms with E-state index in [1.807, 2.05) is 4.90 Å². The van der Waals surface area contributed by atoms with Gasteiger partial charge in [0.05, 0.1) is 10.5 Å². The van der Waals surface area contributed by atoms with E-state index in [4.69, 9.17) is 0 Å². The van der Waals surface area contributed by atoms with Gasteiger partial charge in [0.2, 0.25) is 0 Å². The molecular formula is C12H16N2O3. The Kier molecular flexibility index (Phi) is 3.02. The highest BCUT2D eigenvalue weighted by atomic mass is 16.6. The molecule has 1 aliphatic heterocycles. The second-order valence-corrected chi connectivity index (χ2v) is 4.77. The third kappa shape index (κ3) is 2.55. The van der Waals surface area contributed by atoms with Crippen LogP contribution in [0.1, 0.15) is 19.8 Å². The number of benzene rings is 1. The SMILES string of the molecule is CC1(O)CCCN(c2ccccc2[N+](=O)[O-])C1. The summed E-state index contributed by atoms with van der Waals surface area (Å²) in [6.07, 6.45) is 1.59. The van der Waals surface area contributed by atoms with Crippen molar-refractivity contribution in [3.8, 4) is 0 Å². The summed E-state index contributed by atoms with van der Waals surface area (Å²) < 4.78 is 0. The number of β-amino-alcohol motifs (C(OH)–C–C–N with tert-alkyl or cyclic N) is 1. The van der Waals surface area contributed by atoms with Gasteiger partial charge in [0.15, 0.2) is 0 Å². The van der Waals surface area contributed by atoms with Crippen molar-refractivity contribution < 1.29 is 10.0 Å². The van der Waals surface area contributed by atoms with Crippen molar-refractivity contribution in [1.29, 1.82) is 0 Å². The fourth-order valence-electron chi connectivity index (χ4n) is 2.31. The molecule has 1 N–H and O–H groups in total. The molecule has 0 saturated carbocycles. The van der Waals surface area contributed by atoms with E-state index in [0.29, 0.717) is 12.2 Å². The lowest BCUT2D eigenvalue weighted by Crippen LogP contribution is -2.46. The number of piperidine rings is 1. The van der Waals surface area contributed by atoms with Gasteiger partial charge in [-0.15, -0.1) is 0 Å². The van der Waals surface area contributed by atoms with E-state index in [9.17, 15) is 15.2 Å². The second-order valence-electron chi connectivity index (χ2n) is 4.77. The van der Waals surface area contributed by atoms with Gasteiger partial charge in [-0.2, -0.15) is 0 Å². The van der Waals surface area contributed by atoms with Crippen LogP contribution in [0, 0.1) is 10.1 Å². The molecule has 1 saturated heterocycles. The van der Waals surface area contributed by atoms with Crippen LogP contribution in [-0.2, 0) is 0 Å². The van der Waals surface area contributed by atoms with E-state index in [2.05, 4.69) is 0 Å². The van der Waals surface area contributed by atoms with Gasteiger partial charge in [-0.3, -0.25) is 10.1 Å². The van der Waals surface area contributed by atoms with E-state index in [0.717, 1.165) is 19.4 Å². The van der Waals surface area contributed by atoms with E-state index in [1.54, 1.807) is 25.1 Å². The average Bonchev–Trinajstić information content (AvgIpc) is 2.27. The van der Waals surface area contributed by atoms with Gasteiger partial charge in [0, 0.05) is 19.2 Å². The molecule has 0 aliphatic carbocycles. The summed E-state index contributed by atoms with van der Waals surface area (Å²) in [5, 5.41) is 21.0. The van der Waals surface area contributed by atoms with Crippen LogP contribution < -0.4 is 4.90 Å². The Bertz CT molecular complexity index is 432. The number of nitro groups is 1. The van der Waals surface area contributed by atoms with Crippen LogP contribution in [0.3, 0.4) is 0 Å². The zero-order valence-electron chi connectivity index (χ0n) is 9.80. The number of rotatable bonds is 2. The van der Waals surface area contributed by atoms with Crippen LogP contribution in [0.2, 0.25) is 0 Å². The molecular weight excluding hydrogens is 220 g/mol. The summed E-state index contributed by atoms with van der Waals surface area (Å²) in [6, 6.07) is 6.67. The molecule has 0 amide bonds. The van der Waals surface area contributed by atoms with Crippen LogP contribution in [0.15, 0.2) is 24.3 Å². The van der Waals surface area contributed by atoms with Gasteiger partial charge in [-0.25, -0.2) is 0 Å². The van der Waals surface area contributed by atoms with Crippen molar-refractivity contribution in [2.75, 3.05) is 18.0 Å². The molecule has 2 rings (SSSR count). The summed E-state index contributed by atoms with van der Waals surface area (Å²) in [5.41, 5.74) is -0.0650. The molecule has 5 nitrogen and oxygen atoms in total. The molecule has 1 fully saturated rings. The van der Waals surface area contributed by atoms with Crippen molar-refractivity contribution in [2.45, 2.75) is 25.4 Å². The van der Waals surface area contributed by atoms with Gasteiger partial charge in [-0.05, 0) is 25.8 Å². The third-order valence-electron chi connectivity index (χ3n) is 3.09. The topological polar surface area (TPSA) is 66.6 Å². The number of anilines is 1. The summed E-state index contributed by atoms with van der Waals surface area (Å²) in [5.74, 6) is 0. The first-order valence-electron chi connectivity index (χ1n) is 5.70. The van der Waals surface area contributed by atoms with Crippen molar-refractivity contribution >= 4 is 11.4 Å². The van der Waals surface area contributed by atoms with Gasteiger partial charge in [-0.1, -0.05) is 12.1 Å². The number of aliphatic hydroxyl groups is 1. The van der Waals surface area contributed by atoms with E-state index >= 15 is 0 Å². The number of hydrogen-bond acceptors (Lipinski definition) is 4. The van der Waals surface area contributed by atoms with E-state index in [-0.39, 0.29) is 10.6 Å². The molecule has 0 radical (unpaired) electrons. The zero-order valence-corrected chi connectivity index (χ0v) is 9.80. The molecule has 5 heteroatoms. The third-order valence-corrected chi connectivity index (χ3v) is 3.09. The van der Waals surface area contributed by atoms with Gasteiger partial charge in [0.1, 0.15) is 5.69 Å². The van der Waals surface area contributed by atoms with Gasteiger partial charge >= 0.3 is 0 Å². The minimum atomic E-state index is -0.762. The van der Waals surface area contributed by atoms with Gasteiger partial charge < -0.3 is 10.0 Å². The molecule has 0 aromatic heterocycles. The number of nitro benzene ring substituents is 1. The summed E-state index contributed by atoms with van der Waals surface area (Å²) in [7, 11) is 0. The summed E-state index contributed by atoms with van der Waals surface area (Å²) in [6.45, 7) is 2.97. The number of nitrogens with zero attached hydrogens (tertiary/aromatic N) is 2. The Balaban J connectivity index is 2.30. The molecule has 0 bridgehead atoms. The van der Waals surface area contributed by atoms with Crippen molar-refractivity contribution in [3.05, 3.63) is 34.4 Å². The normalized spacial score (nSPS) is 24.7. The van der Waals surface area contributed by atoms with Crippen molar-refractivity contribution in [1.82, 2.24) is 0 Å².